The van der Waals surface area contributed by atoms with Crippen molar-refractivity contribution in [1.82, 2.24) is 0 Å². The van der Waals surface area contributed by atoms with E-state index in [4.69, 9.17) is 0 Å². The number of carboxylic acids is 1. The van der Waals surface area contributed by atoms with Gasteiger partial charge in [0.15, 0.2) is 0 Å². The predicted octanol–water partition coefficient (Wildman–Crippen LogP) is 3.48. The van der Waals surface area contributed by atoms with Gasteiger partial charge in [-0.2, -0.15) is 0 Å². The van der Waals surface area contributed by atoms with Crippen molar-refractivity contribution in [3.05, 3.63) is 35.4 Å². The van der Waals surface area contributed by atoms with Crippen LogP contribution in [-0.4, -0.2) is 17.2 Å². The summed E-state index contributed by atoms with van der Waals surface area (Å²) >= 11 is 0. The summed E-state index contributed by atoms with van der Waals surface area (Å²) < 4.78 is 13.2. The van der Waals surface area contributed by atoms with Gasteiger partial charge in [-0.05, 0) is 30.9 Å². The third-order valence-corrected chi connectivity index (χ3v) is 3.90. The van der Waals surface area contributed by atoms with E-state index >= 15 is 0 Å². The Bertz CT molecular complexity index is 434. The average molecular weight is 250 g/mol. The molecule has 0 heterocycles. The molecule has 18 heavy (non-hydrogen) atoms. The van der Waals surface area contributed by atoms with Gasteiger partial charge in [0.1, 0.15) is 6.17 Å². The summed E-state index contributed by atoms with van der Waals surface area (Å²) in [7, 11) is 0. The molecule has 1 aromatic rings. The number of hydrogen-bond acceptors (Lipinski definition) is 1. The van der Waals surface area contributed by atoms with Crippen LogP contribution in [0.3, 0.4) is 0 Å². The second kappa shape index (κ2) is 5.09. The summed E-state index contributed by atoms with van der Waals surface area (Å²) in [6.07, 6.45) is 2.56. The molecule has 1 aromatic carbocycles. The van der Waals surface area contributed by atoms with Crippen LogP contribution in [0.25, 0.3) is 0 Å². The SMILES string of the molecule is CC(F)Cc1ccccc1C1(C(=O)O)CCCC1. The van der Waals surface area contributed by atoms with Gasteiger partial charge in [0, 0.05) is 6.42 Å². The Morgan fingerprint density at radius 3 is 2.56 bits per heavy atom. The highest BCUT2D eigenvalue weighted by molar-refractivity contribution is 5.82. The minimum absolute atomic E-state index is 0.297. The molecule has 2 nitrogen and oxygen atoms in total. The fourth-order valence-corrected chi connectivity index (χ4v) is 3.05. The lowest BCUT2D eigenvalue weighted by Gasteiger charge is -2.27. The van der Waals surface area contributed by atoms with Gasteiger partial charge in [0.05, 0.1) is 5.41 Å². The zero-order valence-corrected chi connectivity index (χ0v) is 10.7. The maximum Gasteiger partial charge on any atom is 0.314 e. The molecule has 0 aromatic heterocycles. The number of hydrogen-bond donors (Lipinski definition) is 1. The normalized spacial score (nSPS) is 19.7. The fraction of sp³-hybridized carbons (Fsp3) is 0.533. The van der Waals surface area contributed by atoms with Gasteiger partial charge in [-0.3, -0.25) is 4.79 Å². The molecular formula is C15H19FO2. The van der Waals surface area contributed by atoms with E-state index < -0.39 is 17.6 Å². The van der Waals surface area contributed by atoms with Gasteiger partial charge in [-0.25, -0.2) is 4.39 Å². The molecule has 1 fully saturated rings. The molecule has 0 amide bonds. The lowest BCUT2D eigenvalue weighted by atomic mass is 9.76. The van der Waals surface area contributed by atoms with Crippen molar-refractivity contribution in [3.8, 4) is 0 Å². The smallest absolute Gasteiger partial charge is 0.314 e. The summed E-state index contributed by atoms with van der Waals surface area (Å²) in [5, 5.41) is 9.58. The van der Waals surface area contributed by atoms with E-state index in [2.05, 4.69) is 0 Å². The van der Waals surface area contributed by atoms with Gasteiger partial charge in [-0.1, -0.05) is 37.1 Å². The van der Waals surface area contributed by atoms with Crippen molar-refractivity contribution in [2.75, 3.05) is 0 Å². The highest BCUT2D eigenvalue weighted by atomic mass is 19.1. The minimum atomic E-state index is -0.946. The first-order chi connectivity index (χ1) is 8.56. The first kappa shape index (κ1) is 13.1. The molecule has 0 radical (unpaired) electrons. The zero-order valence-electron chi connectivity index (χ0n) is 10.7. The molecule has 1 atom stereocenters. The second-order valence-corrected chi connectivity index (χ2v) is 5.24. The number of aliphatic carboxylic acids is 1. The van der Waals surface area contributed by atoms with Gasteiger partial charge >= 0.3 is 5.97 Å². The standard InChI is InChI=1S/C15H19FO2/c1-11(16)10-12-6-2-3-7-13(12)15(14(17)18)8-4-5-9-15/h2-3,6-7,11H,4-5,8-10H2,1H3,(H,17,18). The summed E-state index contributed by atoms with van der Waals surface area (Å²) in [5.74, 6) is -0.765. The first-order valence-corrected chi connectivity index (χ1v) is 6.52. The molecule has 3 heteroatoms. The zero-order chi connectivity index (χ0) is 13.2. The summed E-state index contributed by atoms with van der Waals surface area (Å²) in [6, 6.07) is 7.42. The lowest BCUT2D eigenvalue weighted by Crippen LogP contribution is -2.34. The van der Waals surface area contributed by atoms with Crippen LogP contribution in [0.4, 0.5) is 4.39 Å². The van der Waals surface area contributed by atoms with Crippen molar-refractivity contribution >= 4 is 5.97 Å². The van der Waals surface area contributed by atoms with Gasteiger partial charge in [-0.15, -0.1) is 0 Å². The molecular weight excluding hydrogens is 231 g/mol. The van der Waals surface area contributed by atoms with Gasteiger partial charge in [0.2, 0.25) is 0 Å². The van der Waals surface area contributed by atoms with Gasteiger partial charge in [0.25, 0.3) is 0 Å². The molecule has 1 aliphatic rings. The topological polar surface area (TPSA) is 37.3 Å². The van der Waals surface area contributed by atoms with Crippen molar-refractivity contribution in [3.63, 3.8) is 0 Å². The van der Waals surface area contributed by atoms with Crippen LogP contribution in [0.5, 0.6) is 0 Å². The molecule has 0 saturated heterocycles. The van der Waals surface area contributed by atoms with Crippen LogP contribution >= 0.6 is 0 Å². The van der Waals surface area contributed by atoms with E-state index in [-0.39, 0.29) is 0 Å². The van der Waals surface area contributed by atoms with Crippen molar-refractivity contribution in [2.24, 2.45) is 0 Å². The molecule has 98 valence electrons. The van der Waals surface area contributed by atoms with Crippen molar-refractivity contribution in [2.45, 2.75) is 50.6 Å². The van der Waals surface area contributed by atoms with Crippen LogP contribution in [0.15, 0.2) is 24.3 Å². The summed E-state index contributed by atoms with van der Waals surface area (Å²) in [6.45, 7) is 1.51. The summed E-state index contributed by atoms with van der Waals surface area (Å²) in [5.41, 5.74) is 0.877. The molecule has 1 unspecified atom stereocenters. The molecule has 1 aliphatic carbocycles. The average Bonchev–Trinajstić information content (AvgIpc) is 2.79. The highest BCUT2D eigenvalue weighted by Gasteiger charge is 2.43. The monoisotopic (exact) mass is 250 g/mol. The Labute approximate surface area is 107 Å². The number of rotatable bonds is 4. The molecule has 0 bridgehead atoms. The number of alkyl halides is 1. The van der Waals surface area contributed by atoms with E-state index in [1.165, 1.54) is 6.92 Å². The number of carboxylic acid groups (broad SMARTS) is 1. The van der Waals surface area contributed by atoms with Crippen molar-refractivity contribution in [1.29, 1.82) is 0 Å². The Balaban J connectivity index is 2.45. The minimum Gasteiger partial charge on any atom is -0.481 e. The Kier molecular flexibility index (Phi) is 3.69. The Morgan fingerprint density at radius 1 is 1.39 bits per heavy atom. The van der Waals surface area contributed by atoms with Crippen LogP contribution in [-0.2, 0) is 16.6 Å². The largest absolute Gasteiger partial charge is 0.481 e. The Morgan fingerprint density at radius 2 is 2.00 bits per heavy atom. The van der Waals surface area contributed by atoms with E-state index in [0.717, 1.165) is 24.0 Å². The molecule has 1 N–H and O–H groups in total. The summed E-state index contributed by atoms with van der Waals surface area (Å²) in [4.78, 5) is 11.7. The Hall–Kier alpha value is -1.38. The second-order valence-electron chi connectivity index (χ2n) is 5.24. The molecule has 0 aliphatic heterocycles. The van der Waals surface area contributed by atoms with Crippen molar-refractivity contribution < 1.29 is 14.3 Å². The molecule has 2 rings (SSSR count). The maximum absolute atomic E-state index is 13.2. The number of benzene rings is 1. The predicted molar refractivity (Wildman–Crippen MR) is 68.5 cm³/mol. The first-order valence-electron chi connectivity index (χ1n) is 6.52. The van der Waals surface area contributed by atoms with Crippen LogP contribution in [0, 0.1) is 0 Å². The molecule has 0 spiro atoms. The number of carbonyl (C=O) groups is 1. The van der Waals surface area contributed by atoms with E-state index in [9.17, 15) is 14.3 Å². The van der Waals surface area contributed by atoms with Crippen LogP contribution in [0.2, 0.25) is 0 Å². The molecule has 1 saturated carbocycles. The lowest BCUT2D eigenvalue weighted by molar-refractivity contribution is -0.143. The number of halogens is 1. The third kappa shape index (κ3) is 2.26. The van der Waals surface area contributed by atoms with Crippen LogP contribution < -0.4 is 0 Å². The van der Waals surface area contributed by atoms with Crippen LogP contribution in [0.1, 0.15) is 43.7 Å². The van der Waals surface area contributed by atoms with Gasteiger partial charge < -0.3 is 5.11 Å². The van der Waals surface area contributed by atoms with E-state index in [1.807, 2.05) is 24.3 Å². The van der Waals surface area contributed by atoms with E-state index in [0.29, 0.717) is 19.3 Å². The fourth-order valence-electron chi connectivity index (χ4n) is 3.05. The third-order valence-electron chi connectivity index (χ3n) is 3.90. The van der Waals surface area contributed by atoms with E-state index in [1.54, 1.807) is 0 Å². The maximum atomic E-state index is 13.2. The highest BCUT2D eigenvalue weighted by Crippen LogP contribution is 2.43. The quantitative estimate of drug-likeness (QED) is 0.888.